The van der Waals surface area contributed by atoms with Crippen LogP contribution < -0.4 is 20.5 Å². The van der Waals surface area contributed by atoms with Crippen molar-refractivity contribution in [3.63, 3.8) is 0 Å². The summed E-state index contributed by atoms with van der Waals surface area (Å²) in [6, 6.07) is 6.10. The highest BCUT2D eigenvalue weighted by Gasteiger charge is 2.40. The molecule has 1 aliphatic heterocycles. The third kappa shape index (κ3) is 6.50. The number of likely N-dealkylation sites (tertiary alicyclic amines) is 1. The van der Waals surface area contributed by atoms with E-state index in [4.69, 9.17) is 22.1 Å². The highest BCUT2D eigenvalue weighted by Crippen LogP contribution is 2.33. The lowest BCUT2D eigenvalue weighted by Gasteiger charge is -2.24. The van der Waals surface area contributed by atoms with Crippen LogP contribution in [-0.4, -0.2) is 52.5 Å². The van der Waals surface area contributed by atoms with Crippen molar-refractivity contribution in [3.05, 3.63) is 59.0 Å². The molecule has 3 aromatic rings. The number of benzene rings is 2. The molecule has 1 aliphatic rings. The van der Waals surface area contributed by atoms with Crippen LogP contribution in [0.5, 0.6) is 11.5 Å². The minimum atomic E-state index is -4.99. The first-order chi connectivity index (χ1) is 18.3. The molecule has 39 heavy (non-hydrogen) atoms. The van der Waals surface area contributed by atoms with Crippen LogP contribution in [-0.2, 0) is 22.7 Å². The van der Waals surface area contributed by atoms with Crippen molar-refractivity contribution in [2.75, 3.05) is 6.54 Å². The van der Waals surface area contributed by atoms with Crippen molar-refractivity contribution in [2.24, 2.45) is 5.73 Å². The van der Waals surface area contributed by atoms with E-state index < -0.39 is 61.1 Å². The van der Waals surface area contributed by atoms with E-state index in [1.165, 1.54) is 24.3 Å². The van der Waals surface area contributed by atoms with Gasteiger partial charge in [-0.05, 0) is 18.2 Å². The Morgan fingerprint density at radius 3 is 2.62 bits per heavy atom. The summed E-state index contributed by atoms with van der Waals surface area (Å²) >= 11 is 5.74. The number of ether oxygens (including phenoxy) is 2. The Morgan fingerprint density at radius 2 is 1.92 bits per heavy atom. The normalized spacial score (nSPS) is 17.3. The molecule has 2 heterocycles. The summed E-state index contributed by atoms with van der Waals surface area (Å²) < 4.78 is 76.6. The van der Waals surface area contributed by atoms with Gasteiger partial charge < -0.3 is 30.0 Å². The topological polar surface area (TPSA) is 116 Å². The number of amides is 3. The highest BCUT2D eigenvalue weighted by atomic mass is 35.5. The summed E-state index contributed by atoms with van der Waals surface area (Å²) in [6.07, 6.45) is -6.89. The van der Waals surface area contributed by atoms with Crippen LogP contribution in [0.15, 0.2) is 42.6 Å². The number of hydrogen-bond acceptors (Lipinski definition) is 5. The number of rotatable bonds is 7. The summed E-state index contributed by atoms with van der Waals surface area (Å²) in [5.41, 5.74) is 5.15. The number of carbonyl (C=O) groups is 3. The van der Waals surface area contributed by atoms with Crippen LogP contribution in [0.2, 0.25) is 5.02 Å². The van der Waals surface area contributed by atoms with E-state index in [2.05, 4.69) is 10.1 Å². The molecule has 15 heteroatoms. The molecule has 0 aliphatic carbocycles. The van der Waals surface area contributed by atoms with Crippen LogP contribution in [0.25, 0.3) is 10.9 Å². The van der Waals surface area contributed by atoms with Gasteiger partial charge in [0.05, 0.1) is 17.1 Å². The number of primary amides is 1. The smallest absolute Gasteiger partial charge is 0.408 e. The Hall–Kier alpha value is -4.07. The fraction of sp³-hybridized carbons (Fsp3) is 0.292. The maximum absolute atomic E-state index is 14.3. The van der Waals surface area contributed by atoms with Crippen LogP contribution in [0, 0.1) is 5.82 Å². The van der Waals surface area contributed by atoms with Crippen LogP contribution in [0.1, 0.15) is 12.0 Å². The van der Waals surface area contributed by atoms with E-state index in [0.29, 0.717) is 0 Å². The van der Waals surface area contributed by atoms with E-state index in [-0.39, 0.29) is 40.2 Å². The molecular weight excluding hydrogens is 555 g/mol. The van der Waals surface area contributed by atoms with E-state index in [1.54, 1.807) is 0 Å². The molecule has 1 fully saturated rings. The molecule has 3 N–H and O–H groups in total. The molecule has 1 aromatic heterocycles. The number of nitrogens with two attached hydrogens (primary N) is 1. The summed E-state index contributed by atoms with van der Waals surface area (Å²) in [6.45, 7) is -1.25. The molecule has 3 amide bonds. The number of carbonyl (C=O) groups excluding carboxylic acids is 3. The molecule has 9 nitrogen and oxygen atoms in total. The van der Waals surface area contributed by atoms with Gasteiger partial charge >= 0.3 is 12.5 Å². The predicted molar refractivity (Wildman–Crippen MR) is 127 cm³/mol. The first-order valence-corrected chi connectivity index (χ1v) is 11.7. The molecule has 1 saturated heterocycles. The molecular formula is C24H20ClF5N4O5. The van der Waals surface area contributed by atoms with Gasteiger partial charge in [0, 0.05) is 36.2 Å². The van der Waals surface area contributed by atoms with Gasteiger partial charge in [-0.2, -0.15) is 0 Å². The third-order valence-corrected chi connectivity index (χ3v) is 6.22. The third-order valence-electron chi connectivity index (χ3n) is 5.92. The fourth-order valence-corrected chi connectivity index (χ4v) is 4.48. The zero-order valence-electron chi connectivity index (χ0n) is 19.8. The van der Waals surface area contributed by atoms with Gasteiger partial charge in [0.2, 0.25) is 11.8 Å². The predicted octanol–water partition coefficient (Wildman–Crippen LogP) is 4.05. The maximum Gasteiger partial charge on any atom is 0.573 e. The van der Waals surface area contributed by atoms with Crippen molar-refractivity contribution in [1.29, 1.82) is 0 Å². The van der Waals surface area contributed by atoms with E-state index in [9.17, 15) is 36.3 Å². The number of nitrogens with zero attached hydrogens (tertiary/aromatic N) is 2. The Morgan fingerprint density at radius 1 is 1.18 bits per heavy atom. The zero-order chi connectivity index (χ0) is 28.5. The first kappa shape index (κ1) is 28.0. The minimum absolute atomic E-state index is 0.00905. The molecule has 208 valence electrons. The van der Waals surface area contributed by atoms with Gasteiger partial charge in [-0.3, -0.25) is 9.59 Å². The first-order valence-electron chi connectivity index (χ1n) is 11.3. The Bertz CT molecular complexity index is 1430. The van der Waals surface area contributed by atoms with Crippen LogP contribution >= 0.6 is 11.6 Å². The van der Waals surface area contributed by atoms with E-state index in [1.807, 2.05) is 0 Å². The standard InChI is InChI=1S/C24H20ClF5N4O5/c25-16-3-1-2-12(21(16)27)8-32-22(36)18-6-13(26)9-34(18)20(35)11-33-10-19(38-23(31)37)15-5-4-14(7-17(15)33)39-24(28,29)30/h1-5,7,10,13,18H,6,8-9,11H2,(H2,31,37)(H,32,36)/t13-,18+/m1/s1. The Balaban J connectivity index is 1.55. The molecule has 0 saturated carbocycles. The lowest BCUT2D eigenvalue weighted by Crippen LogP contribution is -2.46. The second-order valence-electron chi connectivity index (χ2n) is 8.59. The fourth-order valence-electron chi connectivity index (χ4n) is 4.29. The molecule has 0 unspecified atom stereocenters. The number of fused-ring (bicyclic) bond motifs is 1. The number of alkyl halides is 4. The monoisotopic (exact) mass is 574 g/mol. The average molecular weight is 575 g/mol. The molecule has 0 spiro atoms. The lowest BCUT2D eigenvalue weighted by atomic mass is 10.1. The van der Waals surface area contributed by atoms with Crippen LogP contribution in [0.3, 0.4) is 0 Å². The molecule has 0 radical (unpaired) electrons. The minimum Gasteiger partial charge on any atom is -0.408 e. The van der Waals surface area contributed by atoms with Crippen molar-refractivity contribution >= 4 is 40.4 Å². The van der Waals surface area contributed by atoms with Gasteiger partial charge in [0.1, 0.15) is 30.3 Å². The van der Waals surface area contributed by atoms with Crippen molar-refractivity contribution in [3.8, 4) is 11.5 Å². The number of halogens is 6. The summed E-state index contributed by atoms with van der Waals surface area (Å²) in [7, 11) is 0. The van der Waals surface area contributed by atoms with Gasteiger partial charge in [0.25, 0.3) is 0 Å². The number of aromatic nitrogens is 1. The maximum atomic E-state index is 14.3. The number of hydrogen-bond donors (Lipinski definition) is 2. The van der Waals surface area contributed by atoms with Gasteiger partial charge in [-0.25, -0.2) is 13.6 Å². The summed E-state index contributed by atoms with van der Waals surface area (Å²) in [4.78, 5) is 38.3. The molecule has 2 atom stereocenters. The average Bonchev–Trinajstić information content (AvgIpc) is 3.38. The van der Waals surface area contributed by atoms with Gasteiger partial charge in [0.15, 0.2) is 5.75 Å². The van der Waals surface area contributed by atoms with Crippen LogP contribution in [0.4, 0.5) is 26.7 Å². The van der Waals surface area contributed by atoms with Gasteiger partial charge in [-0.1, -0.05) is 23.7 Å². The van der Waals surface area contributed by atoms with E-state index in [0.717, 1.165) is 27.8 Å². The summed E-state index contributed by atoms with van der Waals surface area (Å²) in [5.74, 6) is -2.98. The largest absolute Gasteiger partial charge is 0.573 e. The van der Waals surface area contributed by atoms with Crippen molar-refractivity contribution in [2.45, 2.75) is 38.1 Å². The lowest BCUT2D eigenvalue weighted by molar-refractivity contribution is -0.274. The van der Waals surface area contributed by atoms with Gasteiger partial charge in [-0.15, -0.1) is 13.2 Å². The van der Waals surface area contributed by atoms with E-state index >= 15 is 0 Å². The highest BCUT2D eigenvalue weighted by molar-refractivity contribution is 6.30. The molecule has 4 rings (SSSR count). The zero-order valence-corrected chi connectivity index (χ0v) is 20.6. The second kappa shape index (κ2) is 11.0. The van der Waals surface area contributed by atoms with Crippen molar-refractivity contribution in [1.82, 2.24) is 14.8 Å². The molecule has 2 aromatic carbocycles. The number of nitrogens with one attached hydrogen (secondary N) is 1. The molecule has 0 bridgehead atoms. The van der Waals surface area contributed by atoms with Crippen molar-refractivity contribution < 1.29 is 45.8 Å². The SMILES string of the molecule is NC(=O)Oc1cn(CC(=O)N2C[C@H](F)C[C@H]2C(=O)NCc2cccc(Cl)c2F)c2cc(OC(F)(F)F)ccc12. The Kier molecular flexibility index (Phi) is 7.86. The quantitative estimate of drug-likeness (QED) is 0.413. The second-order valence-corrected chi connectivity index (χ2v) is 9.00. The summed E-state index contributed by atoms with van der Waals surface area (Å²) in [5, 5.41) is 2.45. The Labute approximate surface area is 222 Å².